The summed E-state index contributed by atoms with van der Waals surface area (Å²) in [6.45, 7) is 4.02. The van der Waals surface area contributed by atoms with Crippen molar-refractivity contribution in [3.8, 4) is 0 Å². The molecule has 1 unspecified atom stereocenters. The standard InChI is InChI=1S/C14H20ClN3O.ClH/c1-10-12(15)5-2-6-13(10)17-14(19)9-18-7-3-4-11(16)8-18;/h2,5-6,11H,3-4,7-9,16H2,1H3,(H,17,19);1H. The van der Waals surface area contributed by atoms with Crippen molar-refractivity contribution in [1.29, 1.82) is 0 Å². The van der Waals surface area contributed by atoms with Gasteiger partial charge in [0.1, 0.15) is 0 Å². The quantitative estimate of drug-likeness (QED) is 0.900. The molecular formula is C14H21Cl2N3O. The molecule has 1 heterocycles. The Morgan fingerprint density at radius 3 is 3.00 bits per heavy atom. The van der Waals surface area contributed by atoms with Crippen LogP contribution in [0, 0.1) is 6.92 Å². The van der Waals surface area contributed by atoms with Crippen LogP contribution in [0.25, 0.3) is 0 Å². The number of nitrogens with two attached hydrogens (primary N) is 1. The van der Waals surface area contributed by atoms with E-state index in [0.29, 0.717) is 11.6 Å². The Hall–Kier alpha value is -0.810. The molecule has 1 amide bonds. The summed E-state index contributed by atoms with van der Waals surface area (Å²) in [7, 11) is 0. The fraction of sp³-hybridized carbons (Fsp3) is 0.500. The predicted molar refractivity (Wildman–Crippen MR) is 85.7 cm³/mol. The van der Waals surface area contributed by atoms with Gasteiger partial charge in [-0.05, 0) is 44.0 Å². The van der Waals surface area contributed by atoms with Crippen molar-refractivity contribution >= 4 is 35.6 Å². The van der Waals surface area contributed by atoms with Gasteiger partial charge in [0.2, 0.25) is 5.91 Å². The average molecular weight is 318 g/mol. The smallest absolute Gasteiger partial charge is 0.238 e. The third kappa shape index (κ3) is 4.63. The molecule has 0 bridgehead atoms. The summed E-state index contributed by atoms with van der Waals surface area (Å²) in [6, 6.07) is 5.70. The van der Waals surface area contributed by atoms with Crippen molar-refractivity contribution in [3.63, 3.8) is 0 Å². The number of hydrogen-bond acceptors (Lipinski definition) is 3. The number of nitrogens with one attached hydrogen (secondary N) is 1. The Labute approximate surface area is 131 Å². The molecule has 0 spiro atoms. The summed E-state index contributed by atoms with van der Waals surface area (Å²) in [4.78, 5) is 14.1. The first-order chi connectivity index (χ1) is 9.06. The highest BCUT2D eigenvalue weighted by Gasteiger charge is 2.19. The number of hydrogen-bond donors (Lipinski definition) is 2. The number of carbonyl (C=O) groups excluding carboxylic acids is 1. The van der Waals surface area contributed by atoms with Crippen LogP contribution >= 0.6 is 24.0 Å². The molecule has 0 aromatic heterocycles. The van der Waals surface area contributed by atoms with Gasteiger partial charge in [-0.2, -0.15) is 0 Å². The van der Waals surface area contributed by atoms with E-state index in [4.69, 9.17) is 17.3 Å². The lowest BCUT2D eigenvalue weighted by atomic mass is 10.1. The van der Waals surface area contributed by atoms with E-state index < -0.39 is 0 Å². The van der Waals surface area contributed by atoms with Gasteiger partial charge in [0.25, 0.3) is 0 Å². The molecule has 1 aromatic carbocycles. The van der Waals surface area contributed by atoms with Crippen molar-refractivity contribution in [2.45, 2.75) is 25.8 Å². The maximum atomic E-state index is 12.0. The third-order valence-corrected chi connectivity index (χ3v) is 3.86. The molecular weight excluding hydrogens is 297 g/mol. The Morgan fingerprint density at radius 1 is 1.55 bits per heavy atom. The second kappa shape index (κ2) is 7.84. The number of piperidine rings is 1. The van der Waals surface area contributed by atoms with Crippen molar-refractivity contribution in [2.75, 3.05) is 25.0 Å². The molecule has 4 nitrogen and oxygen atoms in total. The van der Waals surface area contributed by atoms with Crippen LogP contribution in [0.4, 0.5) is 5.69 Å². The molecule has 1 atom stereocenters. The van der Waals surface area contributed by atoms with Crippen LogP contribution in [-0.2, 0) is 4.79 Å². The molecule has 1 aliphatic heterocycles. The zero-order chi connectivity index (χ0) is 13.8. The van der Waals surface area contributed by atoms with Crippen LogP contribution in [0.3, 0.4) is 0 Å². The molecule has 2 rings (SSSR count). The number of rotatable bonds is 3. The lowest BCUT2D eigenvalue weighted by Gasteiger charge is -2.30. The second-order valence-corrected chi connectivity index (χ2v) is 5.51. The van der Waals surface area contributed by atoms with Crippen molar-refractivity contribution in [2.24, 2.45) is 5.73 Å². The minimum absolute atomic E-state index is 0. The van der Waals surface area contributed by atoms with Gasteiger partial charge in [0.15, 0.2) is 0 Å². The number of anilines is 1. The zero-order valence-corrected chi connectivity index (χ0v) is 13.1. The third-order valence-electron chi connectivity index (χ3n) is 3.45. The summed E-state index contributed by atoms with van der Waals surface area (Å²) in [6.07, 6.45) is 2.11. The van der Waals surface area contributed by atoms with E-state index in [1.54, 1.807) is 0 Å². The van der Waals surface area contributed by atoms with E-state index >= 15 is 0 Å². The van der Waals surface area contributed by atoms with Crippen LogP contribution in [0.1, 0.15) is 18.4 Å². The number of benzene rings is 1. The van der Waals surface area contributed by atoms with E-state index in [1.807, 2.05) is 25.1 Å². The van der Waals surface area contributed by atoms with E-state index in [-0.39, 0.29) is 24.4 Å². The van der Waals surface area contributed by atoms with E-state index in [0.717, 1.165) is 37.2 Å². The molecule has 1 fully saturated rings. The maximum absolute atomic E-state index is 12.0. The molecule has 0 aliphatic carbocycles. The number of amides is 1. The largest absolute Gasteiger partial charge is 0.327 e. The van der Waals surface area contributed by atoms with Gasteiger partial charge >= 0.3 is 0 Å². The average Bonchev–Trinajstić information content (AvgIpc) is 2.35. The normalized spacial score (nSPS) is 19.2. The molecule has 0 saturated carbocycles. The summed E-state index contributed by atoms with van der Waals surface area (Å²) in [5.41, 5.74) is 7.58. The highest BCUT2D eigenvalue weighted by molar-refractivity contribution is 6.31. The number of nitrogens with zero attached hydrogens (tertiary/aromatic N) is 1. The van der Waals surface area contributed by atoms with Crippen molar-refractivity contribution in [1.82, 2.24) is 4.90 Å². The summed E-state index contributed by atoms with van der Waals surface area (Å²) < 4.78 is 0. The van der Waals surface area contributed by atoms with Crippen molar-refractivity contribution < 1.29 is 4.79 Å². The maximum Gasteiger partial charge on any atom is 0.238 e. The predicted octanol–water partition coefficient (Wildman–Crippen LogP) is 2.43. The first kappa shape index (κ1) is 17.2. The first-order valence-corrected chi connectivity index (χ1v) is 6.97. The Bertz CT molecular complexity index is 468. The summed E-state index contributed by atoms with van der Waals surface area (Å²) in [5.74, 6) is -0.0144. The van der Waals surface area contributed by atoms with Gasteiger partial charge < -0.3 is 11.1 Å². The van der Waals surface area contributed by atoms with Gasteiger partial charge in [-0.1, -0.05) is 17.7 Å². The highest BCUT2D eigenvalue weighted by Crippen LogP contribution is 2.22. The minimum Gasteiger partial charge on any atom is -0.327 e. The molecule has 1 saturated heterocycles. The van der Waals surface area contributed by atoms with Crippen LogP contribution in [0.5, 0.6) is 0 Å². The topological polar surface area (TPSA) is 58.4 Å². The molecule has 6 heteroatoms. The van der Waals surface area contributed by atoms with Crippen molar-refractivity contribution in [3.05, 3.63) is 28.8 Å². The monoisotopic (exact) mass is 317 g/mol. The van der Waals surface area contributed by atoms with Gasteiger partial charge in [0.05, 0.1) is 6.54 Å². The summed E-state index contributed by atoms with van der Waals surface area (Å²) in [5, 5.41) is 3.57. The molecule has 20 heavy (non-hydrogen) atoms. The molecule has 112 valence electrons. The molecule has 1 aliphatic rings. The van der Waals surface area contributed by atoms with Crippen LogP contribution < -0.4 is 11.1 Å². The fourth-order valence-corrected chi connectivity index (χ4v) is 2.55. The lowest BCUT2D eigenvalue weighted by molar-refractivity contribution is -0.117. The molecule has 3 N–H and O–H groups in total. The molecule has 0 radical (unpaired) electrons. The van der Waals surface area contributed by atoms with Crippen LogP contribution in [-0.4, -0.2) is 36.5 Å². The van der Waals surface area contributed by atoms with Gasteiger partial charge in [-0.15, -0.1) is 12.4 Å². The minimum atomic E-state index is -0.0144. The van der Waals surface area contributed by atoms with Gasteiger partial charge in [-0.3, -0.25) is 9.69 Å². The lowest BCUT2D eigenvalue weighted by Crippen LogP contribution is -2.45. The van der Waals surface area contributed by atoms with E-state index in [1.165, 1.54) is 0 Å². The first-order valence-electron chi connectivity index (χ1n) is 6.59. The number of carbonyl (C=O) groups is 1. The highest BCUT2D eigenvalue weighted by atomic mass is 35.5. The Morgan fingerprint density at radius 2 is 2.30 bits per heavy atom. The molecule has 1 aromatic rings. The second-order valence-electron chi connectivity index (χ2n) is 5.10. The summed E-state index contributed by atoms with van der Waals surface area (Å²) >= 11 is 6.03. The van der Waals surface area contributed by atoms with Crippen LogP contribution in [0.15, 0.2) is 18.2 Å². The number of halogens is 2. The Balaban J connectivity index is 0.00000200. The van der Waals surface area contributed by atoms with Gasteiger partial charge in [0, 0.05) is 23.3 Å². The van der Waals surface area contributed by atoms with E-state index in [2.05, 4.69) is 10.2 Å². The number of likely N-dealkylation sites (tertiary alicyclic amines) is 1. The van der Waals surface area contributed by atoms with Crippen LogP contribution in [0.2, 0.25) is 5.02 Å². The zero-order valence-electron chi connectivity index (χ0n) is 11.6. The Kier molecular flexibility index (Phi) is 6.76. The SMILES string of the molecule is Cc1c(Cl)cccc1NC(=O)CN1CCCC(N)C1.Cl. The van der Waals surface area contributed by atoms with E-state index in [9.17, 15) is 4.79 Å². The fourth-order valence-electron chi connectivity index (χ4n) is 2.37. The van der Waals surface area contributed by atoms with Gasteiger partial charge in [-0.25, -0.2) is 0 Å².